The van der Waals surface area contributed by atoms with Gasteiger partial charge in [0.2, 0.25) is 5.91 Å². The summed E-state index contributed by atoms with van der Waals surface area (Å²) in [5, 5.41) is 8.27. The van der Waals surface area contributed by atoms with Crippen LogP contribution in [0.3, 0.4) is 0 Å². The number of likely N-dealkylation sites (N-methyl/N-ethyl adjacent to an activating group) is 1. The molecule has 0 radical (unpaired) electrons. The maximum Gasteiger partial charge on any atom is 0.324 e. The topological polar surface area (TPSA) is 154 Å². The number of methoxy groups -OCH3 is 1. The van der Waals surface area contributed by atoms with E-state index in [4.69, 9.17) is 19.4 Å². The molecule has 0 unspecified atom stereocenters. The van der Waals surface area contributed by atoms with Crippen molar-refractivity contribution in [2.75, 3.05) is 61.0 Å². The molecule has 0 spiro atoms. The van der Waals surface area contributed by atoms with Crippen molar-refractivity contribution in [2.24, 2.45) is 17.3 Å². The Hall–Kier alpha value is -4.90. The Kier molecular flexibility index (Phi) is 15.0. The molecule has 0 saturated carbocycles. The van der Waals surface area contributed by atoms with Crippen LogP contribution in [0.1, 0.15) is 89.6 Å². The maximum atomic E-state index is 14.7. The molecule has 6 bridgehead atoms. The van der Waals surface area contributed by atoms with Crippen molar-refractivity contribution in [3.63, 3.8) is 0 Å². The summed E-state index contributed by atoms with van der Waals surface area (Å²) in [6.07, 6.45) is 5.26. The van der Waals surface area contributed by atoms with Gasteiger partial charge in [0.15, 0.2) is 0 Å². The van der Waals surface area contributed by atoms with Gasteiger partial charge in [-0.2, -0.15) is 0 Å². The number of aryl methyl sites for hydroxylation is 1. The molecule has 2 N–H and O–H groups in total. The van der Waals surface area contributed by atoms with Crippen LogP contribution >= 0.6 is 11.3 Å². The van der Waals surface area contributed by atoms with Crippen molar-refractivity contribution in [3.8, 4) is 22.5 Å². The molecule has 3 aliphatic rings. The lowest BCUT2D eigenvalue weighted by Gasteiger charge is -2.39. The van der Waals surface area contributed by atoms with Crippen LogP contribution < -0.4 is 10.7 Å². The van der Waals surface area contributed by atoms with Gasteiger partial charge in [-0.05, 0) is 102 Å². The molecular formula is C49H69N9O6S. The molecule has 0 aliphatic carbocycles. The number of aromatic nitrogens is 3. The number of esters is 1. The summed E-state index contributed by atoms with van der Waals surface area (Å²) in [7, 11) is 7.46. The number of likely N-dealkylation sites (tertiary alicyclic amines) is 1. The first kappa shape index (κ1) is 48.0. The molecule has 7 rings (SSSR count). The lowest BCUT2D eigenvalue weighted by molar-refractivity contribution is -0.155. The van der Waals surface area contributed by atoms with E-state index in [9.17, 15) is 19.2 Å². The fourth-order valence-corrected chi connectivity index (χ4v) is 10.8. The van der Waals surface area contributed by atoms with E-state index in [1.807, 2.05) is 51.2 Å². The highest BCUT2D eigenvalue weighted by atomic mass is 32.1. The van der Waals surface area contributed by atoms with Gasteiger partial charge in [-0.25, -0.2) is 15.2 Å². The van der Waals surface area contributed by atoms with Crippen molar-refractivity contribution in [1.82, 2.24) is 45.0 Å². The van der Waals surface area contributed by atoms with E-state index in [0.717, 1.165) is 64.1 Å². The summed E-state index contributed by atoms with van der Waals surface area (Å²) in [6.45, 7) is 15.5. The highest BCUT2D eigenvalue weighted by Crippen LogP contribution is 2.42. The molecule has 65 heavy (non-hydrogen) atoms. The summed E-state index contributed by atoms with van der Waals surface area (Å²) in [6, 6.07) is 7.65. The fraction of sp³-hybridized carbons (Fsp3) is 0.592. The highest BCUT2D eigenvalue weighted by molar-refractivity contribution is 7.10. The zero-order valence-corrected chi connectivity index (χ0v) is 40.8. The largest absolute Gasteiger partial charge is 0.464 e. The second kappa shape index (κ2) is 20.3. The third kappa shape index (κ3) is 10.6. The zero-order valence-electron chi connectivity index (χ0n) is 40.0. The first-order valence-electron chi connectivity index (χ1n) is 23.3. The molecule has 2 saturated heterocycles. The summed E-state index contributed by atoms with van der Waals surface area (Å²) < 4.78 is 14.3. The van der Waals surface area contributed by atoms with Crippen molar-refractivity contribution in [2.45, 2.75) is 111 Å². The number of urea groups is 1. The molecule has 3 aromatic heterocycles. The predicted octanol–water partition coefficient (Wildman–Crippen LogP) is 6.55. The quantitative estimate of drug-likeness (QED) is 0.168. The van der Waals surface area contributed by atoms with Crippen molar-refractivity contribution >= 4 is 46.1 Å². The highest BCUT2D eigenvalue weighted by Gasteiger charge is 2.39. The van der Waals surface area contributed by atoms with Crippen molar-refractivity contribution in [3.05, 3.63) is 58.2 Å². The SMILES string of the molecule is CCn1c(-c2cccnc2[C@H](C)OC)c2c3cc(ccc31)-c1csc(n1)C[C@H](NC(=O)[C@H](C(C)C)N(C)C(=O)N1CCC[C@@H](CN(C)C)C1)C(=O)N1CCC[C@H](N1)C(=O)OCC(C)(C)C2. The molecule has 4 amide bonds. The number of thiazole rings is 1. The summed E-state index contributed by atoms with van der Waals surface area (Å²) >= 11 is 1.44. The van der Waals surface area contributed by atoms with Gasteiger partial charge < -0.3 is 34.1 Å². The molecule has 352 valence electrons. The monoisotopic (exact) mass is 912 g/mol. The van der Waals surface area contributed by atoms with Crippen molar-refractivity contribution in [1.29, 1.82) is 0 Å². The Morgan fingerprint density at radius 3 is 2.58 bits per heavy atom. The Morgan fingerprint density at radius 1 is 1.09 bits per heavy atom. The Bertz CT molecular complexity index is 2360. The van der Waals surface area contributed by atoms with Gasteiger partial charge in [0, 0.05) is 92.3 Å². The van der Waals surface area contributed by atoms with Crippen LogP contribution in [0.2, 0.25) is 0 Å². The minimum atomic E-state index is -1.04. The normalized spacial score (nSPS) is 21.6. The number of piperidine rings is 1. The van der Waals surface area contributed by atoms with Gasteiger partial charge in [0.05, 0.1) is 34.8 Å². The average molecular weight is 912 g/mol. The number of hydrogen-bond donors (Lipinski definition) is 2. The standard InChI is InChI=1S/C49H69N9O6S/c1-11-57-40-19-18-33-23-35(40)36(44(57)34-16-12-20-50-42(34)31(4)63-10)25-49(5,6)29-64-47(61)37-17-14-22-58(53-37)46(60)38(24-41-51-39(33)28-65-41)52-45(59)43(30(2)3)55(9)48(62)56-21-13-15-32(27-56)26-54(7)8/h12,16,18-20,23,28,30-32,37-38,43,53H,11,13-15,17,21-22,24-27,29H2,1-10H3,(H,52,59)/t31-,32-,37-,38-,43-/m0/s1. The first-order chi connectivity index (χ1) is 31.0. The molecule has 5 atom stereocenters. The number of ether oxygens (including phenoxy) is 2. The summed E-state index contributed by atoms with van der Waals surface area (Å²) in [5.74, 6) is -1.14. The van der Waals surface area contributed by atoms with Crippen molar-refractivity contribution < 1.29 is 28.7 Å². The third-order valence-corrected chi connectivity index (χ3v) is 14.1. The average Bonchev–Trinajstić information content (AvgIpc) is 3.88. The van der Waals surface area contributed by atoms with E-state index in [-0.39, 0.29) is 37.0 Å². The fourth-order valence-electron chi connectivity index (χ4n) is 9.99. The van der Waals surface area contributed by atoms with Gasteiger partial charge in [0.25, 0.3) is 5.91 Å². The second-order valence-corrected chi connectivity index (χ2v) is 20.5. The zero-order chi connectivity index (χ0) is 46.7. The molecule has 15 nitrogen and oxygen atoms in total. The first-order valence-corrected chi connectivity index (χ1v) is 24.2. The molecule has 4 aromatic rings. The summed E-state index contributed by atoms with van der Waals surface area (Å²) in [4.78, 5) is 72.6. The number of carbonyl (C=O) groups is 4. The van der Waals surface area contributed by atoms with Gasteiger partial charge in [-0.15, -0.1) is 11.3 Å². The smallest absolute Gasteiger partial charge is 0.324 e. The minimum Gasteiger partial charge on any atom is -0.464 e. The van der Waals surface area contributed by atoms with E-state index < -0.39 is 35.4 Å². The Balaban J connectivity index is 1.26. The number of nitrogens with zero attached hydrogens (tertiary/aromatic N) is 7. The van der Waals surface area contributed by atoms with Crippen LogP contribution in [0.5, 0.6) is 0 Å². The lowest BCUT2D eigenvalue weighted by Crippen LogP contribution is -2.62. The number of fused-ring (bicyclic) bond motifs is 6. The van der Waals surface area contributed by atoms with E-state index in [1.54, 1.807) is 20.4 Å². The molecule has 3 aliphatic heterocycles. The van der Waals surface area contributed by atoms with Gasteiger partial charge in [-0.1, -0.05) is 33.8 Å². The number of hydrazine groups is 1. The van der Waals surface area contributed by atoms with Crippen LogP contribution in [0, 0.1) is 17.3 Å². The third-order valence-electron chi connectivity index (χ3n) is 13.2. The van der Waals surface area contributed by atoms with Crippen LogP contribution in [0.15, 0.2) is 41.9 Å². The van der Waals surface area contributed by atoms with Gasteiger partial charge >= 0.3 is 12.0 Å². The maximum absolute atomic E-state index is 14.7. The van der Waals surface area contributed by atoms with E-state index in [1.165, 1.54) is 21.2 Å². The molecule has 16 heteroatoms. The molecule has 6 heterocycles. The number of nitrogens with one attached hydrogen (secondary N) is 2. The predicted molar refractivity (Wildman–Crippen MR) is 254 cm³/mol. The van der Waals surface area contributed by atoms with Gasteiger partial charge in [-0.3, -0.25) is 24.4 Å². The number of amides is 4. The minimum absolute atomic E-state index is 0.114. The van der Waals surface area contributed by atoms with Crippen LogP contribution in [0.25, 0.3) is 33.4 Å². The summed E-state index contributed by atoms with van der Waals surface area (Å²) in [5.41, 5.74) is 9.42. The molecule has 2 fully saturated rings. The number of carbonyl (C=O) groups excluding carboxylic acids is 4. The van der Waals surface area contributed by atoms with E-state index >= 15 is 0 Å². The number of benzene rings is 1. The van der Waals surface area contributed by atoms with Crippen LogP contribution in [-0.2, 0) is 43.2 Å². The molecule has 1 aromatic carbocycles. The van der Waals surface area contributed by atoms with Gasteiger partial charge in [0.1, 0.15) is 18.1 Å². The Labute approximate surface area is 388 Å². The van der Waals surface area contributed by atoms with Crippen LogP contribution in [-0.4, -0.2) is 137 Å². The Morgan fingerprint density at radius 2 is 1.86 bits per heavy atom. The number of rotatable bonds is 10. The lowest BCUT2D eigenvalue weighted by atomic mass is 9.84. The van der Waals surface area contributed by atoms with E-state index in [0.29, 0.717) is 56.4 Å². The second-order valence-electron chi connectivity index (χ2n) is 19.6. The van der Waals surface area contributed by atoms with Crippen LogP contribution in [0.4, 0.5) is 4.79 Å². The number of hydrogen-bond acceptors (Lipinski definition) is 11. The molecular weight excluding hydrogens is 843 g/mol. The number of cyclic esters (lactones) is 1. The van der Waals surface area contributed by atoms with E-state index in [2.05, 4.69) is 65.2 Å². The number of pyridine rings is 1.